The fourth-order valence-electron chi connectivity index (χ4n) is 3.86. The lowest BCUT2D eigenvalue weighted by atomic mass is 9.94. The third-order valence-electron chi connectivity index (χ3n) is 5.55. The van der Waals surface area contributed by atoms with Gasteiger partial charge in [0.1, 0.15) is 0 Å². The van der Waals surface area contributed by atoms with Gasteiger partial charge in [-0.1, -0.05) is 35.5 Å². The number of carbonyl (C=O) groups is 2. The molecular formula is C21H24N2O4. The Hall–Kier alpha value is -2.63. The van der Waals surface area contributed by atoms with Crippen LogP contribution in [0.3, 0.4) is 0 Å². The van der Waals surface area contributed by atoms with E-state index in [1.165, 1.54) is 0 Å². The Bertz CT molecular complexity index is 826. The number of ether oxygens (including phenoxy) is 1. The fourth-order valence-corrected chi connectivity index (χ4v) is 3.86. The quantitative estimate of drug-likeness (QED) is 0.758. The molecule has 4 rings (SSSR count). The van der Waals surface area contributed by atoms with Crippen molar-refractivity contribution in [3.63, 3.8) is 0 Å². The Morgan fingerprint density at radius 1 is 1.30 bits per heavy atom. The molecule has 27 heavy (non-hydrogen) atoms. The molecule has 2 heterocycles. The van der Waals surface area contributed by atoms with E-state index in [-0.39, 0.29) is 17.8 Å². The lowest BCUT2D eigenvalue weighted by Gasteiger charge is -2.33. The van der Waals surface area contributed by atoms with Gasteiger partial charge in [0.05, 0.1) is 23.6 Å². The van der Waals surface area contributed by atoms with E-state index in [4.69, 9.17) is 9.26 Å². The van der Waals surface area contributed by atoms with Crippen LogP contribution in [0.2, 0.25) is 0 Å². The molecule has 0 radical (unpaired) electrons. The van der Waals surface area contributed by atoms with Gasteiger partial charge in [0.25, 0.3) is 0 Å². The van der Waals surface area contributed by atoms with Crippen molar-refractivity contribution in [1.82, 2.24) is 10.1 Å². The van der Waals surface area contributed by atoms with Gasteiger partial charge in [-0.15, -0.1) is 0 Å². The number of piperidine rings is 1. The van der Waals surface area contributed by atoms with Crippen LogP contribution >= 0.6 is 0 Å². The molecule has 1 aliphatic carbocycles. The van der Waals surface area contributed by atoms with E-state index in [1.54, 1.807) is 6.92 Å². The Morgan fingerprint density at radius 3 is 2.78 bits per heavy atom. The molecule has 1 amide bonds. The standard InChI is InChI=1S/C21H24N2O4/c1-2-26-19(24)16-9-6-12-23(14-16)20(25)21(10-11-21)18-13-17(27-22-18)15-7-4-3-5-8-15/h3-5,7-8,13,16H,2,6,9-12,14H2,1H3. The first kappa shape index (κ1) is 17.8. The molecule has 0 N–H and O–H groups in total. The largest absolute Gasteiger partial charge is 0.466 e. The van der Waals surface area contributed by atoms with E-state index in [2.05, 4.69) is 5.16 Å². The van der Waals surface area contributed by atoms with Crippen LogP contribution in [-0.2, 0) is 19.7 Å². The first-order chi connectivity index (χ1) is 13.1. The molecule has 0 spiro atoms. The summed E-state index contributed by atoms with van der Waals surface area (Å²) in [4.78, 5) is 27.1. The molecule has 6 heteroatoms. The number of amides is 1. The van der Waals surface area contributed by atoms with Gasteiger partial charge in [-0.3, -0.25) is 9.59 Å². The molecular weight excluding hydrogens is 344 g/mol. The SMILES string of the molecule is CCOC(=O)C1CCCN(C(=O)C2(c3cc(-c4ccccc4)on3)CC2)C1. The third-order valence-corrected chi connectivity index (χ3v) is 5.55. The van der Waals surface area contributed by atoms with Gasteiger partial charge in [-0.25, -0.2) is 0 Å². The molecule has 1 aromatic heterocycles. The summed E-state index contributed by atoms with van der Waals surface area (Å²) in [5.74, 6) is 0.306. The smallest absolute Gasteiger partial charge is 0.310 e. The summed E-state index contributed by atoms with van der Waals surface area (Å²) in [6, 6.07) is 11.6. The number of aromatic nitrogens is 1. The molecule has 2 aliphatic rings. The predicted molar refractivity (Wildman–Crippen MR) is 98.8 cm³/mol. The molecule has 2 aromatic rings. The van der Waals surface area contributed by atoms with E-state index in [1.807, 2.05) is 41.3 Å². The Morgan fingerprint density at radius 2 is 2.07 bits per heavy atom. The monoisotopic (exact) mass is 368 g/mol. The highest BCUT2D eigenvalue weighted by Gasteiger charge is 2.56. The van der Waals surface area contributed by atoms with Crippen LogP contribution in [-0.4, -0.2) is 41.6 Å². The molecule has 0 bridgehead atoms. The second kappa shape index (κ2) is 7.18. The predicted octanol–water partition coefficient (Wildman–Crippen LogP) is 3.17. The number of carbonyl (C=O) groups excluding carboxylic acids is 2. The summed E-state index contributed by atoms with van der Waals surface area (Å²) < 4.78 is 10.7. The van der Waals surface area contributed by atoms with Crippen LogP contribution in [0.25, 0.3) is 11.3 Å². The summed E-state index contributed by atoms with van der Waals surface area (Å²) in [7, 11) is 0. The maximum atomic E-state index is 13.2. The minimum absolute atomic E-state index is 0.0596. The molecule has 1 saturated heterocycles. The number of likely N-dealkylation sites (tertiary alicyclic amines) is 1. The molecule has 1 unspecified atom stereocenters. The second-order valence-electron chi connectivity index (χ2n) is 7.37. The van der Waals surface area contributed by atoms with Crippen molar-refractivity contribution in [3.8, 4) is 11.3 Å². The van der Waals surface area contributed by atoms with Crippen LogP contribution in [0.5, 0.6) is 0 Å². The first-order valence-corrected chi connectivity index (χ1v) is 9.62. The molecule has 142 valence electrons. The van der Waals surface area contributed by atoms with E-state index < -0.39 is 5.41 Å². The summed E-state index contributed by atoms with van der Waals surface area (Å²) >= 11 is 0. The maximum absolute atomic E-state index is 13.2. The van der Waals surface area contributed by atoms with Gasteiger partial charge in [0.15, 0.2) is 5.76 Å². The molecule has 2 fully saturated rings. The maximum Gasteiger partial charge on any atom is 0.310 e. The van der Waals surface area contributed by atoms with Crippen molar-refractivity contribution in [1.29, 1.82) is 0 Å². The van der Waals surface area contributed by atoms with Crippen molar-refractivity contribution < 1.29 is 18.8 Å². The van der Waals surface area contributed by atoms with Crippen molar-refractivity contribution in [2.24, 2.45) is 5.92 Å². The van der Waals surface area contributed by atoms with Crippen LogP contribution in [0.4, 0.5) is 0 Å². The van der Waals surface area contributed by atoms with E-state index in [9.17, 15) is 9.59 Å². The summed E-state index contributed by atoms with van der Waals surface area (Å²) in [6.45, 7) is 3.29. The van der Waals surface area contributed by atoms with Crippen LogP contribution < -0.4 is 0 Å². The van der Waals surface area contributed by atoms with Crippen LogP contribution in [0.1, 0.15) is 38.3 Å². The second-order valence-corrected chi connectivity index (χ2v) is 7.37. The van der Waals surface area contributed by atoms with Crippen LogP contribution in [0, 0.1) is 5.92 Å². The van der Waals surface area contributed by atoms with Crippen molar-refractivity contribution >= 4 is 11.9 Å². The zero-order chi connectivity index (χ0) is 18.9. The number of esters is 1. The topological polar surface area (TPSA) is 72.6 Å². The minimum Gasteiger partial charge on any atom is -0.466 e. The molecule has 1 saturated carbocycles. The number of nitrogens with zero attached hydrogens (tertiary/aromatic N) is 2. The molecule has 1 aromatic carbocycles. The van der Waals surface area contributed by atoms with Crippen molar-refractivity contribution in [3.05, 3.63) is 42.1 Å². The number of rotatable bonds is 5. The molecule has 6 nitrogen and oxygen atoms in total. The lowest BCUT2D eigenvalue weighted by molar-refractivity contribution is -0.151. The van der Waals surface area contributed by atoms with Crippen LogP contribution in [0.15, 0.2) is 40.9 Å². The zero-order valence-corrected chi connectivity index (χ0v) is 15.5. The van der Waals surface area contributed by atoms with Gasteiger partial charge in [0.2, 0.25) is 5.91 Å². The average Bonchev–Trinajstić information content (AvgIpc) is 3.37. The number of hydrogen-bond acceptors (Lipinski definition) is 5. The highest BCUT2D eigenvalue weighted by Crippen LogP contribution is 2.50. The molecule has 1 aliphatic heterocycles. The van der Waals surface area contributed by atoms with E-state index >= 15 is 0 Å². The van der Waals surface area contributed by atoms with E-state index in [0.717, 1.165) is 31.2 Å². The van der Waals surface area contributed by atoms with Gasteiger partial charge < -0.3 is 14.2 Å². The number of hydrogen-bond donors (Lipinski definition) is 0. The van der Waals surface area contributed by atoms with E-state index in [0.29, 0.717) is 31.2 Å². The number of benzene rings is 1. The van der Waals surface area contributed by atoms with Gasteiger partial charge in [0, 0.05) is 24.7 Å². The third kappa shape index (κ3) is 3.36. The highest BCUT2D eigenvalue weighted by molar-refractivity contribution is 5.91. The van der Waals surface area contributed by atoms with Gasteiger partial charge in [-0.05, 0) is 32.6 Å². The highest BCUT2D eigenvalue weighted by atomic mass is 16.5. The average molecular weight is 368 g/mol. The Labute approximate surface area is 158 Å². The Balaban J connectivity index is 1.50. The van der Waals surface area contributed by atoms with Gasteiger partial charge in [-0.2, -0.15) is 0 Å². The van der Waals surface area contributed by atoms with Gasteiger partial charge >= 0.3 is 5.97 Å². The normalized spacial score (nSPS) is 20.9. The molecule has 1 atom stereocenters. The summed E-state index contributed by atoms with van der Waals surface area (Å²) in [5.41, 5.74) is 1.05. The first-order valence-electron chi connectivity index (χ1n) is 9.62. The summed E-state index contributed by atoms with van der Waals surface area (Å²) in [5, 5.41) is 4.21. The van der Waals surface area contributed by atoms with Crippen molar-refractivity contribution in [2.45, 2.75) is 38.0 Å². The Kier molecular flexibility index (Phi) is 4.72. The lowest BCUT2D eigenvalue weighted by Crippen LogP contribution is -2.47. The minimum atomic E-state index is -0.590. The summed E-state index contributed by atoms with van der Waals surface area (Å²) in [6.07, 6.45) is 3.14. The zero-order valence-electron chi connectivity index (χ0n) is 15.5. The fraction of sp³-hybridized carbons (Fsp3) is 0.476. The van der Waals surface area contributed by atoms with Crippen molar-refractivity contribution in [2.75, 3.05) is 19.7 Å².